The summed E-state index contributed by atoms with van der Waals surface area (Å²) in [6, 6.07) is 7.78. The van der Waals surface area contributed by atoms with E-state index in [0.29, 0.717) is 52.0 Å². The molecule has 1 aromatic carbocycles. The molecular weight excluding hydrogens is 382 g/mol. The van der Waals surface area contributed by atoms with Crippen molar-refractivity contribution in [2.75, 3.05) is 46.9 Å². The van der Waals surface area contributed by atoms with Crippen LogP contribution in [0.1, 0.15) is 24.8 Å². The highest BCUT2D eigenvalue weighted by Crippen LogP contribution is 2.14. The quantitative estimate of drug-likeness (QED) is 0.697. The molecule has 1 aromatic rings. The van der Waals surface area contributed by atoms with Crippen LogP contribution in [0.5, 0.6) is 5.75 Å². The van der Waals surface area contributed by atoms with Crippen molar-refractivity contribution in [3.8, 4) is 5.75 Å². The summed E-state index contributed by atoms with van der Waals surface area (Å²) in [7, 11) is 3.20. The molecule has 0 radical (unpaired) electrons. The van der Waals surface area contributed by atoms with Crippen molar-refractivity contribution < 1.29 is 19.1 Å². The van der Waals surface area contributed by atoms with Crippen LogP contribution in [0.3, 0.4) is 0 Å². The lowest BCUT2D eigenvalue weighted by Crippen LogP contribution is -2.39. The molecule has 7 nitrogen and oxygen atoms in total. The number of nitrogens with two attached hydrogens (primary N) is 1. The minimum Gasteiger partial charge on any atom is -0.497 e. The third kappa shape index (κ3) is 7.30. The van der Waals surface area contributed by atoms with Crippen LogP contribution in [0, 0.1) is 0 Å². The largest absolute Gasteiger partial charge is 0.497 e. The Morgan fingerprint density at radius 1 is 1.04 bits per heavy atom. The maximum Gasteiger partial charge on any atom is 0.225 e. The number of amides is 2. The summed E-state index contributed by atoms with van der Waals surface area (Å²) in [4.78, 5) is 28.6. The van der Waals surface area contributed by atoms with Gasteiger partial charge in [-0.25, -0.2) is 0 Å². The highest BCUT2D eigenvalue weighted by atomic mass is 35.5. The average molecular weight is 414 g/mol. The maximum absolute atomic E-state index is 12.6. The molecule has 1 saturated heterocycles. The lowest BCUT2D eigenvalue weighted by molar-refractivity contribution is -0.135. The van der Waals surface area contributed by atoms with Gasteiger partial charge in [-0.3, -0.25) is 9.59 Å². The fourth-order valence-corrected chi connectivity index (χ4v) is 3.20. The van der Waals surface area contributed by atoms with Crippen LogP contribution in [-0.2, 0) is 20.7 Å². The number of ether oxygens (including phenoxy) is 2. The fourth-order valence-electron chi connectivity index (χ4n) is 3.20. The molecule has 0 aliphatic carbocycles. The summed E-state index contributed by atoms with van der Waals surface area (Å²) < 4.78 is 10.3. The minimum atomic E-state index is -0.247. The monoisotopic (exact) mass is 413 g/mol. The lowest BCUT2D eigenvalue weighted by atomic mass is 10.1. The van der Waals surface area contributed by atoms with E-state index in [1.807, 2.05) is 34.1 Å². The van der Waals surface area contributed by atoms with Crippen molar-refractivity contribution in [1.82, 2.24) is 9.80 Å². The number of nitrogens with zero attached hydrogens (tertiary/aromatic N) is 2. The summed E-state index contributed by atoms with van der Waals surface area (Å²) in [5, 5.41) is 0. The first-order chi connectivity index (χ1) is 13.1. The Morgan fingerprint density at radius 2 is 1.64 bits per heavy atom. The zero-order valence-electron chi connectivity index (χ0n) is 16.8. The third-order valence-electron chi connectivity index (χ3n) is 4.99. The summed E-state index contributed by atoms with van der Waals surface area (Å²) in [5.41, 5.74) is 6.71. The Morgan fingerprint density at radius 3 is 2.18 bits per heavy atom. The maximum atomic E-state index is 12.6. The summed E-state index contributed by atoms with van der Waals surface area (Å²) in [6.07, 6.45) is 2.01. The molecule has 8 heteroatoms. The number of methoxy groups -OCH3 is 2. The molecule has 0 aromatic heterocycles. The highest BCUT2D eigenvalue weighted by Gasteiger charge is 2.23. The predicted molar refractivity (Wildman–Crippen MR) is 111 cm³/mol. The zero-order chi connectivity index (χ0) is 19.6. The Bertz CT molecular complexity index is 608. The first-order valence-corrected chi connectivity index (χ1v) is 9.48. The molecule has 0 saturated carbocycles. The van der Waals surface area contributed by atoms with Gasteiger partial charge < -0.3 is 25.0 Å². The molecule has 0 bridgehead atoms. The molecule has 1 heterocycles. The van der Waals surface area contributed by atoms with Crippen LogP contribution in [-0.4, -0.2) is 74.7 Å². The second-order valence-electron chi connectivity index (χ2n) is 6.76. The fraction of sp³-hybridized carbons (Fsp3) is 0.600. The smallest absolute Gasteiger partial charge is 0.225 e. The van der Waals surface area contributed by atoms with Gasteiger partial charge in [-0.05, 0) is 30.5 Å². The first kappa shape index (κ1) is 24.2. The first-order valence-electron chi connectivity index (χ1n) is 9.48. The SMILES string of the molecule is COc1ccc(CCC(=O)N2CCCN(C(=O)CC(CN)OC)CC2)cc1.Cl. The lowest BCUT2D eigenvalue weighted by Gasteiger charge is -2.23. The van der Waals surface area contributed by atoms with Gasteiger partial charge in [0.15, 0.2) is 0 Å². The number of carbonyl (C=O) groups excluding carboxylic acids is 2. The third-order valence-corrected chi connectivity index (χ3v) is 4.99. The van der Waals surface area contributed by atoms with E-state index in [9.17, 15) is 9.59 Å². The topological polar surface area (TPSA) is 85.1 Å². The Balaban J connectivity index is 0.00000392. The molecule has 28 heavy (non-hydrogen) atoms. The Labute approximate surface area is 173 Å². The van der Waals surface area contributed by atoms with E-state index >= 15 is 0 Å². The van der Waals surface area contributed by atoms with Crippen LogP contribution in [0.25, 0.3) is 0 Å². The van der Waals surface area contributed by atoms with Gasteiger partial charge in [-0.2, -0.15) is 0 Å². The molecule has 1 aliphatic heterocycles. The number of carbonyl (C=O) groups is 2. The molecule has 1 fully saturated rings. The van der Waals surface area contributed by atoms with Gasteiger partial charge in [0.2, 0.25) is 11.8 Å². The molecule has 158 valence electrons. The van der Waals surface area contributed by atoms with Crippen molar-refractivity contribution in [3.05, 3.63) is 29.8 Å². The summed E-state index contributed by atoms with van der Waals surface area (Å²) >= 11 is 0. The van der Waals surface area contributed by atoms with E-state index in [0.717, 1.165) is 17.7 Å². The van der Waals surface area contributed by atoms with Gasteiger partial charge >= 0.3 is 0 Å². The Hall–Kier alpha value is -1.83. The Kier molecular flexibility index (Phi) is 10.9. The molecule has 1 aliphatic rings. The summed E-state index contributed by atoms with van der Waals surface area (Å²) in [6.45, 7) is 2.82. The van der Waals surface area contributed by atoms with Crippen molar-refractivity contribution in [2.45, 2.75) is 31.8 Å². The van der Waals surface area contributed by atoms with Crippen LogP contribution in [0.4, 0.5) is 0 Å². The summed E-state index contributed by atoms with van der Waals surface area (Å²) in [5.74, 6) is 0.990. The van der Waals surface area contributed by atoms with E-state index in [2.05, 4.69) is 0 Å². The number of aryl methyl sites for hydroxylation is 1. The van der Waals surface area contributed by atoms with Gasteiger partial charge in [-0.1, -0.05) is 12.1 Å². The van der Waals surface area contributed by atoms with Gasteiger partial charge in [0.25, 0.3) is 0 Å². The van der Waals surface area contributed by atoms with Crippen LogP contribution < -0.4 is 10.5 Å². The molecule has 2 rings (SSSR count). The number of halogens is 1. The minimum absolute atomic E-state index is 0. The van der Waals surface area contributed by atoms with Crippen LogP contribution in [0.2, 0.25) is 0 Å². The molecule has 1 atom stereocenters. The number of benzene rings is 1. The van der Waals surface area contributed by atoms with E-state index in [4.69, 9.17) is 15.2 Å². The zero-order valence-corrected chi connectivity index (χ0v) is 17.6. The van der Waals surface area contributed by atoms with Gasteiger partial charge in [-0.15, -0.1) is 12.4 Å². The second kappa shape index (κ2) is 12.6. The van der Waals surface area contributed by atoms with Gasteiger partial charge in [0, 0.05) is 46.3 Å². The molecule has 0 spiro atoms. The number of rotatable bonds is 8. The van der Waals surface area contributed by atoms with Crippen molar-refractivity contribution in [2.24, 2.45) is 5.73 Å². The van der Waals surface area contributed by atoms with E-state index < -0.39 is 0 Å². The van der Waals surface area contributed by atoms with E-state index in [1.165, 1.54) is 0 Å². The highest BCUT2D eigenvalue weighted by molar-refractivity contribution is 5.85. The molecular formula is C20H32ClN3O4. The molecule has 2 amide bonds. The molecule has 2 N–H and O–H groups in total. The van der Waals surface area contributed by atoms with Crippen molar-refractivity contribution in [1.29, 1.82) is 0 Å². The number of hydrogen-bond donors (Lipinski definition) is 1. The second-order valence-corrected chi connectivity index (χ2v) is 6.76. The molecule has 1 unspecified atom stereocenters. The van der Waals surface area contributed by atoms with E-state index in [1.54, 1.807) is 14.2 Å². The van der Waals surface area contributed by atoms with Gasteiger partial charge in [0.05, 0.1) is 19.6 Å². The normalized spacial score (nSPS) is 15.4. The predicted octanol–water partition coefficient (Wildman–Crippen LogP) is 1.47. The van der Waals surface area contributed by atoms with E-state index in [-0.39, 0.29) is 30.3 Å². The average Bonchev–Trinajstić information content (AvgIpc) is 2.97. The number of hydrogen-bond acceptors (Lipinski definition) is 5. The van der Waals surface area contributed by atoms with Crippen molar-refractivity contribution >= 4 is 24.2 Å². The van der Waals surface area contributed by atoms with Gasteiger partial charge in [0.1, 0.15) is 5.75 Å². The van der Waals surface area contributed by atoms with Crippen LogP contribution in [0.15, 0.2) is 24.3 Å². The van der Waals surface area contributed by atoms with Crippen molar-refractivity contribution in [3.63, 3.8) is 0 Å². The van der Waals surface area contributed by atoms with Crippen LogP contribution >= 0.6 is 12.4 Å². The standard InChI is InChI=1S/C20H31N3O4.ClH/c1-26-17-7-4-16(5-8-17)6-9-19(24)22-10-3-11-23(13-12-22)20(25)14-18(15-21)27-2;/h4-5,7-8,18H,3,6,9-15,21H2,1-2H3;1H.